The summed E-state index contributed by atoms with van der Waals surface area (Å²) >= 11 is 0. The van der Waals surface area contributed by atoms with Gasteiger partial charge < -0.3 is 10.1 Å². The van der Waals surface area contributed by atoms with Crippen LogP contribution in [0.3, 0.4) is 0 Å². The van der Waals surface area contributed by atoms with E-state index in [1.165, 1.54) is 25.3 Å². The first-order chi connectivity index (χ1) is 14.6. The van der Waals surface area contributed by atoms with Gasteiger partial charge in [-0.25, -0.2) is 22.0 Å². The third-order valence-electron chi connectivity index (χ3n) is 4.14. The van der Waals surface area contributed by atoms with Crippen LogP contribution >= 0.6 is 0 Å². The summed E-state index contributed by atoms with van der Waals surface area (Å²) in [5, 5.41) is 17.1. The summed E-state index contributed by atoms with van der Waals surface area (Å²) in [6, 6.07) is 4.64. The first kappa shape index (κ1) is 21.7. The number of nitro benzene ring substituents is 1. The van der Waals surface area contributed by atoms with E-state index < -0.39 is 57.7 Å². The van der Waals surface area contributed by atoms with Crippen LogP contribution in [-0.2, 0) is 6.54 Å². The Balaban J connectivity index is 1.81. The molecule has 31 heavy (non-hydrogen) atoms. The van der Waals surface area contributed by atoms with Crippen LogP contribution in [0.2, 0.25) is 0 Å². The predicted octanol–water partition coefficient (Wildman–Crippen LogP) is 3.80. The molecule has 1 N–H and O–H groups in total. The van der Waals surface area contributed by atoms with Crippen molar-refractivity contribution in [2.24, 2.45) is 0 Å². The molecule has 0 bridgehead atoms. The summed E-state index contributed by atoms with van der Waals surface area (Å²) in [5.74, 6) is -11.4. The Morgan fingerprint density at radius 2 is 1.71 bits per heavy atom. The van der Waals surface area contributed by atoms with Crippen LogP contribution in [0.4, 0.5) is 33.5 Å². The monoisotopic (exact) mass is 442 g/mol. The molecule has 0 aliphatic heterocycles. The number of rotatable bonds is 6. The number of hydrogen-bond acceptors (Lipinski definition) is 5. The number of benzene rings is 2. The summed E-state index contributed by atoms with van der Waals surface area (Å²) in [4.78, 5) is 22.6. The molecule has 0 spiro atoms. The fraction of sp³-hybridized carbons (Fsp3) is 0.111. The molecule has 1 aromatic heterocycles. The molecule has 0 atom stereocenters. The molecule has 162 valence electrons. The van der Waals surface area contributed by atoms with Crippen molar-refractivity contribution >= 4 is 17.4 Å². The van der Waals surface area contributed by atoms with Gasteiger partial charge in [-0.05, 0) is 12.1 Å². The lowest BCUT2D eigenvalue weighted by Gasteiger charge is -2.08. The van der Waals surface area contributed by atoms with Crippen molar-refractivity contribution in [1.29, 1.82) is 0 Å². The van der Waals surface area contributed by atoms with Crippen LogP contribution in [0.1, 0.15) is 15.9 Å². The van der Waals surface area contributed by atoms with E-state index in [9.17, 15) is 36.9 Å². The number of hydrogen-bond donors (Lipinski definition) is 1. The summed E-state index contributed by atoms with van der Waals surface area (Å²) < 4.78 is 73.0. The molecule has 0 saturated carbocycles. The zero-order chi connectivity index (χ0) is 22.9. The zero-order valence-corrected chi connectivity index (χ0v) is 15.5. The number of carbonyl (C=O) groups excluding carboxylic acids is 1. The molecule has 3 aromatic rings. The van der Waals surface area contributed by atoms with Crippen LogP contribution in [0.15, 0.2) is 30.5 Å². The van der Waals surface area contributed by atoms with E-state index in [-0.39, 0.29) is 17.1 Å². The highest BCUT2D eigenvalue weighted by atomic mass is 19.2. The Hall–Kier alpha value is -4.03. The molecule has 0 aliphatic rings. The van der Waals surface area contributed by atoms with Gasteiger partial charge in [-0.15, -0.1) is 0 Å². The average Bonchev–Trinajstić information content (AvgIpc) is 3.20. The van der Waals surface area contributed by atoms with Crippen molar-refractivity contribution in [2.45, 2.75) is 6.54 Å². The van der Waals surface area contributed by atoms with Gasteiger partial charge in [0.05, 0.1) is 24.1 Å². The molecular weight excluding hydrogens is 431 g/mol. The van der Waals surface area contributed by atoms with Crippen LogP contribution < -0.4 is 10.1 Å². The average molecular weight is 442 g/mol. The number of nitrogens with one attached hydrogen (secondary N) is 1. The van der Waals surface area contributed by atoms with Gasteiger partial charge in [-0.1, -0.05) is 0 Å². The maximum absolute atomic E-state index is 13.8. The fourth-order valence-corrected chi connectivity index (χ4v) is 2.63. The van der Waals surface area contributed by atoms with E-state index in [4.69, 9.17) is 4.74 Å². The zero-order valence-electron chi connectivity index (χ0n) is 15.5. The van der Waals surface area contributed by atoms with Crippen molar-refractivity contribution in [2.75, 3.05) is 12.4 Å². The van der Waals surface area contributed by atoms with Gasteiger partial charge in [0.2, 0.25) is 5.82 Å². The maximum atomic E-state index is 13.8. The molecule has 0 unspecified atom stereocenters. The van der Waals surface area contributed by atoms with Crippen LogP contribution in [0.5, 0.6) is 5.75 Å². The fourth-order valence-electron chi connectivity index (χ4n) is 2.63. The second-order valence-corrected chi connectivity index (χ2v) is 6.04. The Morgan fingerprint density at radius 1 is 1.10 bits per heavy atom. The molecule has 1 amide bonds. The van der Waals surface area contributed by atoms with Gasteiger partial charge in [-0.2, -0.15) is 5.10 Å². The minimum absolute atomic E-state index is 0.0614. The number of nitro groups is 1. The summed E-state index contributed by atoms with van der Waals surface area (Å²) in [6.07, 6.45) is 1.13. The third-order valence-corrected chi connectivity index (χ3v) is 4.14. The number of methoxy groups -OCH3 is 1. The minimum Gasteiger partial charge on any atom is -0.490 e. The number of halogens is 5. The second kappa shape index (κ2) is 8.38. The largest absolute Gasteiger partial charge is 0.490 e. The van der Waals surface area contributed by atoms with E-state index in [0.29, 0.717) is 0 Å². The van der Waals surface area contributed by atoms with Crippen LogP contribution in [0.25, 0.3) is 0 Å². The van der Waals surface area contributed by atoms with E-state index in [0.717, 1.165) is 16.9 Å². The Labute approximate surface area is 170 Å². The molecule has 0 saturated heterocycles. The highest BCUT2D eigenvalue weighted by Crippen LogP contribution is 2.28. The number of aromatic nitrogens is 2. The molecule has 0 fully saturated rings. The molecule has 1 heterocycles. The van der Waals surface area contributed by atoms with Gasteiger partial charge in [0.15, 0.2) is 34.8 Å². The van der Waals surface area contributed by atoms with E-state index in [2.05, 4.69) is 10.4 Å². The van der Waals surface area contributed by atoms with Gasteiger partial charge in [0, 0.05) is 23.9 Å². The summed E-state index contributed by atoms with van der Waals surface area (Å²) in [6.45, 7) is -0.810. The van der Waals surface area contributed by atoms with E-state index >= 15 is 0 Å². The molecule has 3 rings (SSSR count). The normalized spacial score (nSPS) is 10.8. The SMILES string of the molecule is COc1ccc(C(=O)Nc2ccn(Cc3c(F)c(F)c(F)c(F)c3F)n2)cc1[N+](=O)[O-]. The number of ether oxygens (including phenoxy) is 1. The molecule has 8 nitrogen and oxygen atoms in total. The lowest BCUT2D eigenvalue weighted by atomic mass is 10.1. The second-order valence-electron chi connectivity index (χ2n) is 6.04. The predicted molar refractivity (Wildman–Crippen MR) is 95.2 cm³/mol. The van der Waals surface area contributed by atoms with Gasteiger partial charge in [0.1, 0.15) is 0 Å². The van der Waals surface area contributed by atoms with E-state index in [1.54, 1.807) is 0 Å². The van der Waals surface area contributed by atoms with Crippen molar-refractivity contribution in [3.05, 3.63) is 80.8 Å². The van der Waals surface area contributed by atoms with Crippen LogP contribution in [-0.4, -0.2) is 27.7 Å². The molecule has 2 aromatic carbocycles. The van der Waals surface area contributed by atoms with Crippen molar-refractivity contribution in [3.8, 4) is 5.75 Å². The Kier molecular flexibility index (Phi) is 5.86. The number of carbonyl (C=O) groups is 1. The highest BCUT2D eigenvalue weighted by molar-refractivity contribution is 6.04. The Morgan fingerprint density at radius 3 is 2.29 bits per heavy atom. The standard InChI is InChI=1S/C18H11F5N4O4/c1-31-11-3-2-8(6-10(11)27(29)30)18(28)24-12-4-5-26(25-12)7-9-13(19)15(21)17(23)16(22)14(9)20/h2-6H,7H2,1H3,(H,24,25,28). The van der Waals surface area contributed by atoms with Crippen molar-refractivity contribution in [3.63, 3.8) is 0 Å². The lowest BCUT2D eigenvalue weighted by Crippen LogP contribution is -2.14. The molecule has 0 aliphatic carbocycles. The summed E-state index contributed by atoms with van der Waals surface area (Å²) in [7, 11) is 1.22. The van der Waals surface area contributed by atoms with Crippen molar-refractivity contribution in [1.82, 2.24) is 9.78 Å². The molecular formula is C18H11F5N4O4. The molecule has 13 heteroatoms. The van der Waals surface area contributed by atoms with Gasteiger partial charge >= 0.3 is 5.69 Å². The smallest absolute Gasteiger partial charge is 0.311 e. The third kappa shape index (κ3) is 4.15. The first-order valence-electron chi connectivity index (χ1n) is 8.31. The van der Waals surface area contributed by atoms with E-state index in [1.807, 2.05) is 0 Å². The lowest BCUT2D eigenvalue weighted by molar-refractivity contribution is -0.385. The maximum Gasteiger partial charge on any atom is 0.311 e. The molecule has 0 radical (unpaired) electrons. The quantitative estimate of drug-likeness (QED) is 0.206. The Bertz CT molecular complexity index is 1170. The number of amides is 1. The summed E-state index contributed by atoms with van der Waals surface area (Å²) in [5.41, 5.74) is -1.67. The number of anilines is 1. The topological polar surface area (TPSA) is 99.3 Å². The van der Waals surface area contributed by atoms with Gasteiger partial charge in [0.25, 0.3) is 5.91 Å². The van der Waals surface area contributed by atoms with Crippen LogP contribution in [0, 0.1) is 39.2 Å². The van der Waals surface area contributed by atoms with Gasteiger partial charge in [-0.3, -0.25) is 19.6 Å². The van der Waals surface area contributed by atoms with Crippen molar-refractivity contribution < 1.29 is 36.4 Å². The number of nitrogens with zero attached hydrogens (tertiary/aromatic N) is 3. The first-order valence-corrected chi connectivity index (χ1v) is 8.31. The minimum atomic E-state index is -2.28. The highest BCUT2D eigenvalue weighted by Gasteiger charge is 2.26.